The number of hydrogen-bond donors (Lipinski definition) is 2. The Labute approximate surface area is 232 Å². The van der Waals surface area contributed by atoms with Crippen LogP contribution in [0.25, 0.3) is 0 Å². The number of halogens is 3. The Morgan fingerprint density at radius 2 is 1.76 bits per heavy atom. The third kappa shape index (κ3) is 7.80. The van der Waals surface area contributed by atoms with Crippen molar-refractivity contribution in [3.05, 3.63) is 70.8 Å². The number of nitrogens with one attached hydrogen (secondary N) is 1. The Kier molecular flexibility index (Phi) is 10.1. The second kappa shape index (κ2) is 13.1. The lowest BCUT2D eigenvalue weighted by Crippen LogP contribution is -2.42. The van der Waals surface area contributed by atoms with E-state index in [-0.39, 0.29) is 25.4 Å². The zero-order valence-electron chi connectivity index (χ0n) is 20.7. The summed E-state index contributed by atoms with van der Waals surface area (Å²) in [5.41, 5.74) is 3.65. The number of carbonyl (C=O) groups is 1. The first kappa shape index (κ1) is 28.6. The molecule has 0 aliphatic carbocycles. The van der Waals surface area contributed by atoms with Crippen LogP contribution in [0, 0.1) is 0 Å². The van der Waals surface area contributed by atoms with Crippen LogP contribution >= 0.6 is 34.8 Å². The van der Waals surface area contributed by atoms with Gasteiger partial charge >= 0.3 is 0 Å². The molecule has 4 atom stereocenters. The van der Waals surface area contributed by atoms with Crippen LogP contribution in [0.4, 0.5) is 0 Å². The summed E-state index contributed by atoms with van der Waals surface area (Å²) in [6.45, 7) is 2.79. The van der Waals surface area contributed by atoms with Crippen molar-refractivity contribution < 1.29 is 24.1 Å². The van der Waals surface area contributed by atoms with Crippen molar-refractivity contribution in [3.63, 3.8) is 0 Å². The van der Waals surface area contributed by atoms with Gasteiger partial charge in [0.25, 0.3) is 9.70 Å². The van der Waals surface area contributed by atoms with Crippen molar-refractivity contribution in [1.29, 1.82) is 0 Å². The third-order valence-electron chi connectivity index (χ3n) is 6.87. The predicted octanol–water partition coefficient (Wildman–Crippen LogP) is 4.82. The molecule has 1 amide bonds. The van der Waals surface area contributed by atoms with Gasteiger partial charge in [-0.1, -0.05) is 83.3 Å². The molecule has 2 heterocycles. The Morgan fingerprint density at radius 3 is 2.41 bits per heavy atom. The lowest BCUT2D eigenvalue weighted by molar-refractivity contribution is -0.253. The number of hydrogen-bond acceptors (Lipinski definition) is 6. The van der Waals surface area contributed by atoms with E-state index in [0.717, 1.165) is 61.2 Å². The molecule has 0 saturated carbocycles. The first-order chi connectivity index (χ1) is 17.8. The summed E-state index contributed by atoms with van der Waals surface area (Å²) in [5.74, 6) is -0.674. The number of aliphatic hydroxyl groups excluding tert-OH is 1. The molecular weight excluding hydrogens is 539 g/mol. The normalized spacial score (nSPS) is 24.8. The van der Waals surface area contributed by atoms with E-state index in [2.05, 4.69) is 10.2 Å². The van der Waals surface area contributed by atoms with Gasteiger partial charge in [0.05, 0.1) is 25.4 Å². The molecule has 2 saturated heterocycles. The van der Waals surface area contributed by atoms with Gasteiger partial charge in [0.1, 0.15) is 0 Å². The number of ether oxygens (including phenoxy) is 3. The van der Waals surface area contributed by atoms with Gasteiger partial charge in [-0.05, 0) is 36.1 Å². The summed E-state index contributed by atoms with van der Waals surface area (Å²) in [5, 5.41) is 12.0. The summed E-state index contributed by atoms with van der Waals surface area (Å²) in [7, 11) is 1.75. The number of rotatable bonds is 9. The SMILES string of the molecule is COC[C@@H]1CCCN1C[C@H]1C[C@@H](c2ccc(CO)cc2)O[C@@H](c2ccc(CNC(=O)C(Cl)(Cl)Cl)cc2)O1. The quantitative estimate of drug-likeness (QED) is 0.420. The molecule has 7 nitrogen and oxygen atoms in total. The number of likely N-dealkylation sites (tertiary alicyclic amines) is 1. The average Bonchev–Trinajstić information content (AvgIpc) is 3.33. The van der Waals surface area contributed by atoms with Crippen molar-refractivity contribution in [2.45, 2.75) is 60.7 Å². The van der Waals surface area contributed by atoms with Gasteiger partial charge in [-0.15, -0.1) is 0 Å². The molecule has 10 heteroatoms. The predicted molar refractivity (Wildman–Crippen MR) is 143 cm³/mol. The number of carbonyl (C=O) groups excluding carboxylic acids is 1. The minimum atomic E-state index is -2.00. The molecule has 0 unspecified atom stereocenters. The van der Waals surface area contributed by atoms with Crippen LogP contribution in [0.1, 0.15) is 53.9 Å². The van der Waals surface area contributed by atoms with Gasteiger partial charge in [0.15, 0.2) is 6.29 Å². The monoisotopic (exact) mass is 570 g/mol. The Bertz CT molecular complexity index is 1020. The van der Waals surface area contributed by atoms with Crippen molar-refractivity contribution >= 4 is 40.7 Å². The maximum Gasteiger partial charge on any atom is 0.272 e. The van der Waals surface area contributed by atoms with E-state index in [0.29, 0.717) is 6.04 Å². The largest absolute Gasteiger partial charge is 0.392 e. The molecule has 37 heavy (non-hydrogen) atoms. The second-order valence-corrected chi connectivity index (χ2v) is 11.8. The number of alkyl halides is 3. The number of methoxy groups -OCH3 is 1. The summed E-state index contributed by atoms with van der Waals surface area (Å²) in [4.78, 5) is 14.3. The molecule has 2 aliphatic rings. The van der Waals surface area contributed by atoms with E-state index >= 15 is 0 Å². The molecule has 4 rings (SSSR count). The van der Waals surface area contributed by atoms with Crippen molar-refractivity contribution in [2.75, 3.05) is 26.8 Å². The minimum absolute atomic E-state index is 0.00444. The van der Waals surface area contributed by atoms with E-state index < -0.39 is 16.0 Å². The van der Waals surface area contributed by atoms with E-state index in [4.69, 9.17) is 49.0 Å². The van der Waals surface area contributed by atoms with Crippen LogP contribution in [0.5, 0.6) is 0 Å². The maximum atomic E-state index is 11.8. The van der Waals surface area contributed by atoms with E-state index in [1.807, 2.05) is 48.5 Å². The van der Waals surface area contributed by atoms with Gasteiger partial charge in [-0.2, -0.15) is 0 Å². The molecule has 0 radical (unpaired) electrons. The summed E-state index contributed by atoms with van der Waals surface area (Å²) in [6.07, 6.45) is 2.29. The van der Waals surface area contributed by atoms with Crippen LogP contribution in [0.15, 0.2) is 48.5 Å². The first-order valence-electron chi connectivity index (χ1n) is 12.4. The van der Waals surface area contributed by atoms with Crippen LogP contribution in [0.3, 0.4) is 0 Å². The lowest BCUT2D eigenvalue weighted by Gasteiger charge is -2.38. The van der Waals surface area contributed by atoms with Gasteiger partial charge in [-0.25, -0.2) is 0 Å². The van der Waals surface area contributed by atoms with Gasteiger partial charge in [-0.3, -0.25) is 9.69 Å². The zero-order chi connectivity index (χ0) is 26.4. The molecule has 0 aromatic heterocycles. The molecule has 2 fully saturated rings. The molecule has 2 aromatic carbocycles. The fraction of sp³-hybridized carbons (Fsp3) is 0.519. The fourth-order valence-corrected chi connectivity index (χ4v) is 5.09. The highest BCUT2D eigenvalue weighted by Crippen LogP contribution is 2.38. The number of benzene rings is 2. The zero-order valence-corrected chi connectivity index (χ0v) is 23.0. The standard InChI is InChI=1S/C27H33Cl3N2O5/c1-35-17-22-3-2-12-32(22)15-23-13-24(20-8-6-19(16-33)7-9-20)37-25(36-23)21-10-4-18(5-11-21)14-31-26(34)27(28,29)30/h4-11,22-25,33H,2-3,12-17H2,1H3,(H,31,34)/t22-,23+,24-,25-/m0/s1. The fourth-order valence-electron chi connectivity index (χ4n) is 4.89. The highest BCUT2D eigenvalue weighted by atomic mass is 35.6. The van der Waals surface area contributed by atoms with Crippen LogP contribution < -0.4 is 5.32 Å². The van der Waals surface area contributed by atoms with E-state index in [9.17, 15) is 9.90 Å². The average molecular weight is 572 g/mol. The molecular formula is C27H33Cl3N2O5. The molecule has 0 bridgehead atoms. The smallest absolute Gasteiger partial charge is 0.272 e. The summed E-state index contributed by atoms with van der Waals surface area (Å²) >= 11 is 16.9. The third-order valence-corrected chi connectivity index (χ3v) is 7.39. The van der Waals surface area contributed by atoms with Gasteiger partial charge < -0.3 is 24.6 Å². The number of amides is 1. The Balaban J connectivity index is 1.48. The van der Waals surface area contributed by atoms with Crippen molar-refractivity contribution in [2.24, 2.45) is 0 Å². The number of nitrogens with zero attached hydrogens (tertiary/aromatic N) is 1. The van der Waals surface area contributed by atoms with Gasteiger partial charge in [0.2, 0.25) is 0 Å². The highest BCUT2D eigenvalue weighted by molar-refractivity contribution is 6.76. The molecule has 2 N–H and O–H groups in total. The molecule has 0 spiro atoms. The summed E-state index contributed by atoms with van der Waals surface area (Å²) in [6, 6.07) is 15.9. The highest BCUT2D eigenvalue weighted by Gasteiger charge is 2.35. The Morgan fingerprint density at radius 1 is 1.08 bits per heavy atom. The first-order valence-corrected chi connectivity index (χ1v) is 13.6. The van der Waals surface area contributed by atoms with Crippen molar-refractivity contribution in [1.82, 2.24) is 10.2 Å². The second-order valence-electron chi connectivity index (χ2n) is 9.52. The summed E-state index contributed by atoms with van der Waals surface area (Å²) < 4.78 is 16.3. The lowest BCUT2D eigenvalue weighted by atomic mass is 9.99. The minimum Gasteiger partial charge on any atom is -0.392 e. The van der Waals surface area contributed by atoms with Crippen LogP contribution in [-0.4, -0.2) is 58.7 Å². The van der Waals surface area contributed by atoms with Gasteiger partial charge in [0, 0.05) is 38.2 Å². The van der Waals surface area contributed by atoms with Crippen LogP contribution in [-0.2, 0) is 32.2 Å². The van der Waals surface area contributed by atoms with Crippen molar-refractivity contribution in [3.8, 4) is 0 Å². The molecule has 2 aliphatic heterocycles. The molecule has 202 valence electrons. The topological polar surface area (TPSA) is 80.3 Å². The maximum absolute atomic E-state index is 11.8. The Hall–Kier alpha value is -1.42. The van der Waals surface area contributed by atoms with Crippen LogP contribution in [0.2, 0.25) is 0 Å². The van der Waals surface area contributed by atoms with E-state index in [1.54, 1.807) is 7.11 Å². The molecule has 2 aromatic rings. The van der Waals surface area contributed by atoms with E-state index in [1.165, 1.54) is 0 Å². The number of aliphatic hydroxyl groups is 1.